The van der Waals surface area contributed by atoms with Crippen LogP contribution in [-0.4, -0.2) is 5.78 Å². The van der Waals surface area contributed by atoms with Crippen LogP contribution in [-0.2, 0) is 4.79 Å². The van der Waals surface area contributed by atoms with Gasteiger partial charge >= 0.3 is 0 Å². The van der Waals surface area contributed by atoms with E-state index in [0.29, 0.717) is 11.7 Å². The number of Topliss-reactive ketones (excluding diaryl/α,β-unsaturated/α-hetero) is 1. The van der Waals surface area contributed by atoms with Crippen LogP contribution in [0.1, 0.15) is 59.3 Å². The molecule has 0 fully saturated rings. The summed E-state index contributed by atoms with van der Waals surface area (Å²) in [6, 6.07) is 0. The predicted molar refractivity (Wildman–Crippen MR) is 61.0 cm³/mol. The molecule has 0 aromatic rings. The molecule has 1 nitrogen and oxygen atoms in total. The van der Waals surface area contributed by atoms with Gasteiger partial charge in [0.25, 0.3) is 0 Å². The minimum atomic E-state index is 0.313. The van der Waals surface area contributed by atoms with Gasteiger partial charge in [-0.2, -0.15) is 0 Å². The average molecular weight is 196 g/mol. The number of hydrogen-bond acceptors (Lipinski definition) is 1. The lowest BCUT2D eigenvalue weighted by atomic mass is 9.95. The second-order valence-corrected chi connectivity index (χ2v) is 4.61. The Labute approximate surface area is 89.3 Å². The molecule has 0 N–H and O–H groups in total. The van der Waals surface area contributed by atoms with Crippen molar-refractivity contribution in [2.75, 3.05) is 0 Å². The summed E-state index contributed by atoms with van der Waals surface area (Å²) in [7, 11) is 0. The summed E-state index contributed by atoms with van der Waals surface area (Å²) in [5.41, 5.74) is 0. The molecule has 0 aromatic heterocycles. The molecule has 0 aliphatic carbocycles. The van der Waals surface area contributed by atoms with Crippen molar-refractivity contribution in [3.8, 4) is 0 Å². The quantitative estimate of drug-likeness (QED) is 0.575. The molecule has 0 heterocycles. The number of rotatable bonds is 8. The van der Waals surface area contributed by atoms with Crippen molar-refractivity contribution in [1.82, 2.24) is 0 Å². The summed E-state index contributed by atoms with van der Waals surface area (Å²) in [4.78, 5) is 10.7. The Balaban J connectivity index is 3.27. The van der Waals surface area contributed by atoms with E-state index in [1.807, 2.05) is 0 Å². The Kier molecular flexibility index (Phi) is 7.83. The smallest absolute Gasteiger partial charge is 0.129 e. The molecule has 2 radical (unpaired) electrons. The number of carbonyl (C=O) groups is 1. The molecule has 82 valence electrons. The van der Waals surface area contributed by atoms with Crippen LogP contribution >= 0.6 is 0 Å². The van der Waals surface area contributed by atoms with Gasteiger partial charge < -0.3 is 4.79 Å². The SMILES string of the molecule is [CH]C(C)CCCC(C)CCCC(C)=O. The molecule has 2 atom stereocenters. The van der Waals surface area contributed by atoms with Gasteiger partial charge in [-0.25, -0.2) is 0 Å². The third-order valence-corrected chi connectivity index (χ3v) is 2.58. The normalized spacial score (nSPS) is 13.2. The van der Waals surface area contributed by atoms with Crippen molar-refractivity contribution in [3.05, 3.63) is 6.92 Å². The fraction of sp³-hybridized carbons (Fsp3) is 0.846. The van der Waals surface area contributed by atoms with Gasteiger partial charge in [0.05, 0.1) is 0 Å². The molecule has 0 saturated carbocycles. The van der Waals surface area contributed by atoms with Crippen molar-refractivity contribution < 1.29 is 4.79 Å². The van der Waals surface area contributed by atoms with E-state index >= 15 is 0 Å². The van der Waals surface area contributed by atoms with Gasteiger partial charge in [-0.15, -0.1) is 0 Å². The molecular formula is C13H24O. The zero-order valence-corrected chi connectivity index (χ0v) is 9.88. The molecule has 0 aromatic carbocycles. The second kappa shape index (κ2) is 8.02. The van der Waals surface area contributed by atoms with Crippen LogP contribution < -0.4 is 0 Å². The maximum absolute atomic E-state index is 10.7. The van der Waals surface area contributed by atoms with E-state index in [1.54, 1.807) is 6.92 Å². The highest BCUT2D eigenvalue weighted by Gasteiger charge is 2.03. The Morgan fingerprint density at radius 3 is 2.21 bits per heavy atom. The van der Waals surface area contributed by atoms with Gasteiger partial charge in [0.2, 0.25) is 0 Å². The molecule has 0 bridgehead atoms. The van der Waals surface area contributed by atoms with Gasteiger partial charge in [-0.3, -0.25) is 0 Å². The van der Waals surface area contributed by atoms with Gasteiger partial charge in [0, 0.05) is 6.42 Å². The largest absolute Gasteiger partial charge is 0.300 e. The third-order valence-electron chi connectivity index (χ3n) is 2.58. The van der Waals surface area contributed by atoms with E-state index in [2.05, 4.69) is 13.8 Å². The second-order valence-electron chi connectivity index (χ2n) is 4.61. The average Bonchev–Trinajstić information content (AvgIpc) is 2.02. The fourth-order valence-corrected chi connectivity index (χ4v) is 1.63. The lowest BCUT2D eigenvalue weighted by molar-refractivity contribution is -0.117. The molecule has 0 spiro atoms. The van der Waals surface area contributed by atoms with Crippen molar-refractivity contribution in [3.63, 3.8) is 0 Å². The number of carbonyl (C=O) groups excluding carboxylic acids is 1. The van der Waals surface area contributed by atoms with Crippen molar-refractivity contribution >= 4 is 5.78 Å². The minimum absolute atomic E-state index is 0.313. The highest BCUT2D eigenvalue weighted by Crippen LogP contribution is 2.17. The predicted octanol–water partition coefficient (Wildman–Crippen LogP) is 3.90. The summed E-state index contributed by atoms with van der Waals surface area (Å²) < 4.78 is 0. The van der Waals surface area contributed by atoms with Gasteiger partial charge in [0.15, 0.2) is 0 Å². The Morgan fingerprint density at radius 2 is 1.71 bits per heavy atom. The molecule has 2 unspecified atom stereocenters. The minimum Gasteiger partial charge on any atom is -0.300 e. The summed E-state index contributed by atoms with van der Waals surface area (Å²) >= 11 is 0. The molecule has 0 aliphatic rings. The maximum Gasteiger partial charge on any atom is 0.129 e. The zero-order valence-electron chi connectivity index (χ0n) is 9.88. The molecule has 0 aliphatic heterocycles. The van der Waals surface area contributed by atoms with E-state index in [0.717, 1.165) is 25.2 Å². The van der Waals surface area contributed by atoms with E-state index in [1.165, 1.54) is 19.3 Å². The molecule has 0 amide bonds. The first-order valence-electron chi connectivity index (χ1n) is 5.77. The van der Waals surface area contributed by atoms with Crippen LogP contribution in [0.15, 0.2) is 0 Å². The molecular weight excluding hydrogens is 172 g/mol. The summed E-state index contributed by atoms with van der Waals surface area (Å²) in [5, 5.41) is 0. The van der Waals surface area contributed by atoms with Gasteiger partial charge in [0.1, 0.15) is 5.78 Å². The van der Waals surface area contributed by atoms with Crippen molar-refractivity contribution in [2.24, 2.45) is 11.8 Å². The summed E-state index contributed by atoms with van der Waals surface area (Å²) in [6.45, 7) is 11.7. The highest BCUT2D eigenvalue weighted by molar-refractivity contribution is 5.75. The Morgan fingerprint density at radius 1 is 1.14 bits per heavy atom. The molecule has 1 heteroatoms. The van der Waals surface area contributed by atoms with E-state index in [-0.39, 0.29) is 0 Å². The number of ketones is 1. The molecule has 0 saturated heterocycles. The van der Waals surface area contributed by atoms with Crippen molar-refractivity contribution in [2.45, 2.75) is 59.3 Å². The van der Waals surface area contributed by atoms with E-state index in [4.69, 9.17) is 6.92 Å². The van der Waals surface area contributed by atoms with Gasteiger partial charge in [-0.05, 0) is 32.1 Å². The lowest BCUT2D eigenvalue weighted by Crippen LogP contribution is -1.98. The first kappa shape index (κ1) is 13.7. The highest BCUT2D eigenvalue weighted by atomic mass is 16.1. The van der Waals surface area contributed by atoms with E-state index < -0.39 is 0 Å². The first-order valence-corrected chi connectivity index (χ1v) is 5.77. The zero-order chi connectivity index (χ0) is 11.0. The van der Waals surface area contributed by atoms with Crippen LogP contribution in [0.25, 0.3) is 0 Å². The van der Waals surface area contributed by atoms with Crippen LogP contribution in [0.5, 0.6) is 0 Å². The molecule has 14 heavy (non-hydrogen) atoms. The standard InChI is InChI=1S/C13H24O/c1-11(2)7-5-8-12(3)9-6-10-13(4)14/h1,11-12H,5-10H2,2-4H3. The first-order chi connectivity index (χ1) is 6.52. The van der Waals surface area contributed by atoms with Crippen molar-refractivity contribution in [1.29, 1.82) is 0 Å². The third kappa shape index (κ3) is 9.76. The van der Waals surface area contributed by atoms with Crippen LogP contribution in [0.4, 0.5) is 0 Å². The summed E-state index contributed by atoms with van der Waals surface area (Å²) in [5.74, 6) is 1.39. The van der Waals surface area contributed by atoms with Crippen LogP contribution in [0.3, 0.4) is 0 Å². The van der Waals surface area contributed by atoms with Crippen LogP contribution in [0.2, 0.25) is 0 Å². The van der Waals surface area contributed by atoms with Crippen LogP contribution in [0, 0.1) is 18.8 Å². The summed E-state index contributed by atoms with van der Waals surface area (Å²) in [6.07, 6.45) is 6.57. The Bertz CT molecular complexity index is 149. The van der Waals surface area contributed by atoms with E-state index in [9.17, 15) is 4.79 Å². The monoisotopic (exact) mass is 196 g/mol. The topological polar surface area (TPSA) is 17.1 Å². The fourth-order valence-electron chi connectivity index (χ4n) is 1.63. The maximum atomic E-state index is 10.7. The molecule has 0 rings (SSSR count). The van der Waals surface area contributed by atoms with Gasteiger partial charge in [-0.1, -0.05) is 39.5 Å². The Hall–Kier alpha value is -0.330. The lowest BCUT2D eigenvalue weighted by Gasteiger charge is -2.11. The number of hydrogen-bond donors (Lipinski definition) is 0.